The van der Waals surface area contributed by atoms with Crippen molar-refractivity contribution < 1.29 is 0 Å². The highest BCUT2D eigenvalue weighted by atomic mass is 35.7. The van der Waals surface area contributed by atoms with Gasteiger partial charge in [-0.25, -0.2) is 0 Å². The Morgan fingerprint density at radius 1 is 1.06 bits per heavy atom. The molecule has 1 nitrogen and oxygen atoms in total. The fourth-order valence-electron chi connectivity index (χ4n) is 3.72. The second-order valence-corrected chi connectivity index (χ2v) is 10.6. The van der Waals surface area contributed by atoms with Crippen molar-refractivity contribution in [2.45, 2.75) is 70.1 Å². The molecule has 94 valence electrons. The van der Waals surface area contributed by atoms with Crippen LogP contribution in [0.15, 0.2) is 0 Å². The van der Waals surface area contributed by atoms with Crippen molar-refractivity contribution >= 4 is 29.6 Å². The van der Waals surface area contributed by atoms with Crippen LogP contribution >= 0.6 is 22.2 Å². The lowest BCUT2D eigenvalue weighted by Crippen LogP contribution is -2.58. The largest absolute Gasteiger partial charge is 0.295 e. The molecule has 0 amide bonds. The van der Waals surface area contributed by atoms with Crippen LogP contribution in [0.3, 0.4) is 0 Å². The molecule has 0 N–H and O–H groups in total. The average molecular weight is 280 g/mol. The molecule has 2 rings (SSSR count). The van der Waals surface area contributed by atoms with E-state index in [1.807, 2.05) is 0 Å². The van der Waals surface area contributed by atoms with Crippen molar-refractivity contribution in [1.82, 2.24) is 4.90 Å². The number of rotatable bonds is 2. The molecule has 0 aromatic rings. The van der Waals surface area contributed by atoms with Crippen molar-refractivity contribution in [2.24, 2.45) is 5.92 Å². The summed E-state index contributed by atoms with van der Waals surface area (Å²) in [7, 11) is -1.56. The minimum Gasteiger partial charge on any atom is -0.295 e. The molecule has 3 unspecified atom stereocenters. The second kappa shape index (κ2) is 5.60. The van der Waals surface area contributed by atoms with E-state index in [9.17, 15) is 0 Å². The van der Waals surface area contributed by atoms with Gasteiger partial charge in [-0.1, -0.05) is 12.8 Å². The van der Waals surface area contributed by atoms with Gasteiger partial charge in [0.05, 0.1) is 0 Å². The Morgan fingerprint density at radius 3 is 2.38 bits per heavy atom. The van der Waals surface area contributed by atoms with Crippen molar-refractivity contribution in [3.63, 3.8) is 0 Å². The molecule has 1 aliphatic heterocycles. The van der Waals surface area contributed by atoms with Gasteiger partial charge in [-0.05, 0) is 45.4 Å². The van der Waals surface area contributed by atoms with Gasteiger partial charge < -0.3 is 0 Å². The second-order valence-electron chi connectivity index (χ2n) is 5.63. The lowest BCUT2D eigenvalue weighted by atomic mass is 9.78. The van der Waals surface area contributed by atoms with E-state index in [-0.39, 0.29) is 0 Å². The molecule has 1 saturated carbocycles. The summed E-state index contributed by atoms with van der Waals surface area (Å²) in [6.07, 6.45) is 8.23. The van der Waals surface area contributed by atoms with E-state index in [4.69, 9.17) is 22.2 Å². The summed E-state index contributed by atoms with van der Waals surface area (Å²) in [5.41, 5.74) is 0.516. The van der Waals surface area contributed by atoms with Gasteiger partial charge >= 0.3 is 0 Å². The van der Waals surface area contributed by atoms with E-state index < -0.39 is 7.42 Å². The number of hydrogen-bond donors (Lipinski definition) is 0. The highest BCUT2D eigenvalue weighted by Crippen LogP contribution is 2.40. The van der Waals surface area contributed by atoms with Crippen molar-refractivity contribution in [3.8, 4) is 0 Å². The van der Waals surface area contributed by atoms with Gasteiger partial charge in [0.1, 0.15) is 0 Å². The lowest BCUT2D eigenvalue weighted by Gasteiger charge is -2.51. The van der Waals surface area contributed by atoms with Crippen LogP contribution in [0, 0.1) is 5.92 Å². The van der Waals surface area contributed by atoms with Crippen LogP contribution in [-0.4, -0.2) is 30.1 Å². The Kier molecular flexibility index (Phi) is 4.62. The van der Waals surface area contributed by atoms with Crippen LogP contribution in [0.25, 0.3) is 0 Å². The number of nitrogens with zero attached hydrogens (tertiary/aromatic N) is 1. The topological polar surface area (TPSA) is 3.24 Å². The minimum atomic E-state index is -1.56. The standard InChI is InChI=1S/C12H23Cl2NSi/c1-9(2)15-11-6-4-3-5-10(11)7-8-12(15)16(13)14/h9-12,16H,3-8H2,1-2H3. The zero-order valence-electron chi connectivity index (χ0n) is 10.3. The summed E-state index contributed by atoms with van der Waals surface area (Å²) in [6.45, 7) is 4.60. The number of likely N-dealkylation sites (tertiary alicyclic amines) is 1. The maximum atomic E-state index is 6.29. The summed E-state index contributed by atoms with van der Waals surface area (Å²) < 4.78 is 0. The average Bonchev–Trinajstić information content (AvgIpc) is 2.27. The summed E-state index contributed by atoms with van der Waals surface area (Å²) >= 11 is 12.6. The molecule has 2 aliphatic rings. The Morgan fingerprint density at radius 2 is 1.75 bits per heavy atom. The van der Waals surface area contributed by atoms with E-state index in [0.29, 0.717) is 11.7 Å². The molecule has 0 radical (unpaired) electrons. The number of hydrogen-bond acceptors (Lipinski definition) is 1. The highest BCUT2D eigenvalue weighted by Gasteiger charge is 2.42. The van der Waals surface area contributed by atoms with E-state index >= 15 is 0 Å². The maximum absolute atomic E-state index is 6.29. The molecule has 0 bridgehead atoms. The smallest absolute Gasteiger partial charge is 0.253 e. The molecule has 2 fully saturated rings. The van der Waals surface area contributed by atoms with Crippen LogP contribution in [0.5, 0.6) is 0 Å². The number of fused-ring (bicyclic) bond motifs is 1. The quantitative estimate of drug-likeness (QED) is 0.551. The predicted molar refractivity (Wildman–Crippen MR) is 74.6 cm³/mol. The molecule has 0 aromatic heterocycles. The van der Waals surface area contributed by atoms with Crippen LogP contribution in [-0.2, 0) is 0 Å². The maximum Gasteiger partial charge on any atom is 0.253 e. The third kappa shape index (κ3) is 2.60. The Labute approximate surface area is 110 Å². The van der Waals surface area contributed by atoms with Gasteiger partial charge in [-0.2, -0.15) is 0 Å². The first-order valence-corrected chi connectivity index (χ1v) is 10.8. The van der Waals surface area contributed by atoms with Crippen molar-refractivity contribution in [2.75, 3.05) is 0 Å². The predicted octanol–water partition coefficient (Wildman–Crippen LogP) is 3.66. The molecular formula is C12H23Cl2NSi. The number of halogens is 2. The van der Waals surface area contributed by atoms with E-state index in [0.717, 1.165) is 12.0 Å². The van der Waals surface area contributed by atoms with Gasteiger partial charge in [0.15, 0.2) is 0 Å². The molecule has 3 atom stereocenters. The van der Waals surface area contributed by atoms with Crippen LogP contribution < -0.4 is 0 Å². The normalized spacial score (nSPS) is 36.8. The van der Waals surface area contributed by atoms with Gasteiger partial charge in [-0.15, -0.1) is 22.2 Å². The summed E-state index contributed by atoms with van der Waals surface area (Å²) in [4.78, 5) is 2.67. The van der Waals surface area contributed by atoms with Gasteiger partial charge in [0.25, 0.3) is 7.42 Å². The van der Waals surface area contributed by atoms with Crippen LogP contribution in [0.1, 0.15) is 52.4 Å². The lowest BCUT2D eigenvalue weighted by molar-refractivity contribution is 0.0201. The van der Waals surface area contributed by atoms with E-state index in [1.165, 1.54) is 38.5 Å². The third-order valence-corrected chi connectivity index (χ3v) is 7.36. The summed E-state index contributed by atoms with van der Waals surface area (Å²) in [6, 6.07) is 1.38. The Balaban J connectivity index is 2.14. The van der Waals surface area contributed by atoms with Crippen molar-refractivity contribution in [1.29, 1.82) is 0 Å². The molecule has 16 heavy (non-hydrogen) atoms. The van der Waals surface area contributed by atoms with E-state index in [1.54, 1.807) is 0 Å². The molecule has 1 saturated heterocycles. The van der Waals surface area contributed by atoms with E-state index in [2.05, 4.69) is 18.7 Å². The zero-order valence-corrected chi connectivity index (χ0v) is 13.0. The Hall–Kier alpha value is 0.757. The highest BCUT2D eigenvalue weighted by molar-refractivity contribution is 7.34. The first kappa shape index (κ1) is 13.2. The minimum absolute atomic E-state index is 0.516. The Bertz CT molecular complexity index is 235. The molecule has 4 heteroatoms. The summed E-state index contributed by atoms with van der Waals surface area (Å²) in [5, 5.41) is 0. The first-order chi connectivity index (χ1) is 7.61. The van der Waals surface area contributed by atoms with Crippen LogP contribution in [0.4, 0.5) is 0 Å². The fraction of sp³-hybridized carbons (Fsp3) is 1.00. The van der Waals surface area contributed by atoms with Crippen molar-refractivity contribution in [3.05, 3.63) is 0 Å². The number of piperidine rings is 1. The molecule has 0 aromatic carbocycles. The fourth-order valence-corrected chi connectivity index (χ4v) is 6.53. The summed E-state index contributed by atoms with van der Waals surface area (Å²) in [5.74, 6) is 0.925. The van der Waals surface area contributed by atoms with Crippen LogP contribution in [0.2, 0.25) is 0 Å². The molecule has 1 heterocycles. The molecular weight excluding hydrogens is 257 g/mol. The SMILES string of the molecule is CC(C)N1C2CCCCC2CCC1[SiH](Cl)Cl. The van der Waals surface area contributed by atoms with Gasteiger partial charge in [0.2, 0.25) is 0 Å². The van der Waals surface area contributed by atoms with Gasteiger partial charge in [0, 0.05) is 17.7 Å². The monoisotopic (exact) mass is 279 g/mol. The van der Waals surface area contributed by atoms with Gasteiger partial charge in [-0.3, -0.25) is 4.90 Å². The molecule has 1 aliphatic carbocycles. The molecule has 0 spiro atoms. The zero-order chi connectivity index (χ0) is 11.7. The first-order valence-electron chi connectivity index (χ1n) is 6.67. The third-order valence-electron chi connectivity index (χ3n) is 4.36.